The molecule has 2 N–H and O–H groups in total. The number of allylic oxidation sites excluding steroid dienone is 1. The van der Waals surface area contributed by atoms with Gasteiger partial charge in [0.25, 0.3) is 0 Å². The average Bonchev–Trinajstić information content (AvgIpc) is 2.27. The minimum Gasteiger partial charge on any atom is -0.498 e. The van der Waals surface area contributed by atoms with Crippen molar-refractivity contribution in [2.45, 2.75) is 57.3 Å². The fourth-order valence-corrected chi connectivity index (χ4v) is 2.53. The minimum absolute atomic E-state index is 0.262. The number of ether oxygens (including phenoxy) is 1. The summed E-state index contributed by atoms with van der Waals surface area (Å²) in [6.07, 6.45) is 8.14. The summed E-state index contributed by atoms with van der Waals surface area (Å²) >= 11 is 0. The summed E-state index contributed by atoms with van der Waals surface area (Å²) in [6, 6.07) is 0. The van der Waals surface area contributed by atoms with Gasteiger partial charge in [-0.3, -0.25) is 5.14 Å². The first-order valence-electron chi connectivity index (χ1n) is 5.94. The molecule has 0 fully saturated rings. The molecule has 0 bridgehead atoms. The Hall–Kier alpha value is -0.350. The summed E-state index contributed by atoms with van der Waals surface area (Å²) in [7, 11) is -1.28. The van der Waals surface area contributed by atoms with E-state index in [0.717, 1.165) is 25.7 Å². The average molecular weight is 245 g/mol. The third-order valence-electron chi connectivity index (χ3n) is 3.32. The quantitative estimate of drug-likeness (QED) is 0.809. The van der Waals surface area contributed by atoms with E-state index >= 15 is 0 Å². The van der Waals surface area contributed by atoms with Crippen molar-refractivity contribution in [1.82, 2.24) is 0 Å². The first kappa shape index (κ1) is 13.7. The number of hydrogen-bond donors (Lipinski definition) is 1. The van der Waals surface area contributed by atoms with E-state index in [0.29, 0.717) is 5.92 Å². The van der Waals surface area contributed by atoms with E-state index in [1.165, 1.54) is 0 Å². The molecule has 94 valence electrons. The number of hydrogen-bond acceptors (Lipinski definition) is 2. The molecule has 16 heavy (non-hydrogen) atoms. The van der Waals surface area contributed by atoms with Gasteiger partial charge in [-0.2, -0.15) is 0 Å². The molecule has 0 aromatic heterocycles. The zero-order valence-electron chi connectivity index (χ0n) is 10.4. The predicted molar refractivity (Wildman–Crippen MR) is 68.1 cm³/mol. The van der Waals surface area contributed by atoms with E-state index in [9.17, 15) is 4.21 Å². The Kier molecular flexibility index (Phi) is 4.99. The molecule has 0 aromatic carbocycles. The molecule has 1 aliphatic heterocycles. The molecular weight excluding hydrogens is 222 g/mol. The highest BCUT2D eigenvalue weighted by Crippen LogP contribution is 2.30. The molecule has 4 heteroatoms. The zero-order chi connectivity index (χ0) is 12.2. The minimum atomic E-state index is -1.28. The fraction of sp³-hybridized carbons (Fsp3) is 0.833. The molecule has 3 nitrogen and oxygen atoms in total. The first-order valence-corrected chi connectivity index (χ1v) is 7.15. The number of rotatable bonds is 5. The monoisotopic (exact) mass is 245 g/mol. The van der Waals surface area contributed by atoms with Gasteiger partial charge in [-0.25, -0.2) is 4.21 Å². The Morgan fingerprint density at radius 1 is 1.62 bits per heavy atom. The summed E-state index contributed by atoms with van der Waals surface area (Å²) in [5.41, 5.74) is 0. The molecule has 0 amide bonds. The lowest BCUT2D eigenvalue weighted by molar-refractivity contribution is 0.0589. The van der Waals surface area contributed by atoms with Crippen molar-refractivity contribution in [3.63, 3.8) is 0 Å². The lowest BCUT2D eigenvalue weighted by atomic mass is 9.87. The maximum Gasteiger partial charge on any atom is 0.101 e. The predicted octanol–water partition coefficient (Wildman–Crippen LogP) is 2.50. The van der Waals surface area contributed by atoms with E-state index in [-0.39, 0.29) is 10.9 Å². The molecule has 0 saturated carbocycles. The normalized spacial score (nSPS) is 24.9. The van der Waals surface area contributed by atoms with E-state index < -0.39 is 11.0 Å². The molecule has 0 spiro atoms. The van der Waals surface area contributed by atoms with E-state index in [2.05, 4.69) is 13.0 Å². The van der Waals surface area contributed by atoms with Crippen molar-refractivity contribution in [3.05, 3.63) is 12.3 Å². The molecule has 3 atom stereocenters. The summed E-state index contributed by atoms with van der Waals surface area (Å²) in [4.78, 5) is 0. The molecule has 0 saturated heterocycles. The zero-order valence-corrected chi connectivity index (χ0v) is 11.3. The van der Waals surface area contributed by atoms with Crippen molar-refractivity contribution in [2.75, 3.05) is 0 Å². The van der Waals surface area contributed by atoms with Crippen LogP contribution < -0.4 is 5.14 Å². The van der Waals surface area contributed by atoms with Crippen LogP contribution in [-0.2, 0) is 15.7 Å². The third-order valence-corrected chi connectivity index (χ3v) is 4.57. The molecule has 1 rings (SSSR count). The smallest absolute Gasteiger partial charge is 0.101 e. The molecular formula is C12H23NO2S. The summed E-state index contributed by atoms with van der Waals surface area (Å²) < 4.78 is 16.7. The Morgan fingerprint density at radius 3 is 2.75 bits per heavy atom. The van der Waals surface area contributed by atoms with Crippen LogP contribution in [0.5, 0.6) is 0 Å². The lowest BCUT2D eigenvalue weighted by Gasteiger charge is -2.32. The van der Waals surface area contributed by atoms with Crippen LogP contribution in [0.15, 0.2) is 12.3 Å². The maximum absolute atomic E-state index is 11.4. The number of nitrogens with two attached hydrogens (primary N) is 1. The Balaban J connectivity index is 2.61. The van der Waals surface area contributed by atoms with Gasteiger partial charge in [0.2, 0.25) is 0 Å². The topological polar surface area (TPSA) is 52.3 Å². The van der Waals surface area contributed by atoms with Crippen molar-refractivity contribution < 1.29 is 8.95 Å². The van der Waals surface area contributed by atoms with Crippen LogP contribution in [0, 0.1) is 5.92 Å². The van der Waals surface area contributed by atoms with Crippen LogP contribution in [0.25, 0.3) is 0 Å². The van der Waals surface area contributed by atoms with Gasteiger partial charge in [-0.1, -0.05) is 6.92 Å². The maximum atomic E-state index is 11.4. The Labute approximate surface area is 101 Å². The molecule has 1 heterocycles. The van der Waals surface area contributed by atoms with Crippen LogP contribution >= 0.6 is 0 Å². The van der Waals surface area contributed by atoms with Crippen molar-refractivity contribution in [2.24, 2.45) is 11.1 Å². The van der Waals surface area contributed by atoms with Gasteiger partial charge in [0.15, 0.2) is 0 Å². The van der Waals surface area contributed by atoms with Gasteiger partial charge in [-0.05, 0) is 51.5 Å². The van der Waals surface area contributed by atoms with Gasteiger partial charge in [0.05, 0.1) is 22.0 Å². The van der Waals surface area contributed by atoms with Gasteiger partial charge in [-0.15, -0.1) is 0 Å². The van der Waals surface area contributed by atoms with Crippen molar-refractivity contribution >= 4 is 11.0 Å². The molecule has 0 radical (unpaired) electrons. The SMILES string of the molecule is CC[C@@H](CC(C)(C)S(N)=O)[C@@H]1CCC=CO1. The van der Waals surface area contributed by atoms with Crippen LogP contribution in [0.3, 0.4) is 0 Å². The van der Waals surface area contributed by atoms with Crippen LogP contribution in [0.2, 0.25) is 0 Å². The molecule has 0 aliphatic carbocycles. The summed E-state index contributed by atoms with van der Waals surface area (Å²) in [5.74, 6) is 0.437. The fourth-order valence-electron chi connectivity index (χ4n) is 2.15. The van der Waals surface area contributed by atoms with Crippen molar-refractivity contribution in [1.29, 1.82) is 0 Å². The van der Waals surface area contributed by atoms with E-state index in [1.807, 2.05) is 13.8 Å². The van der Waals surface area contributed by atoms with E-state index in [1.54, 1.807) is 6.26 Å². The highest BCUT2D eigenvalue weighted by atomic mass is 32.2. The third kappa shape index (κ3) is 3.59. The van der Waals surface area contributed by atoms with Crippen LogP contribution in [0.4, 0.5) is 0 Å². The Bertz CT molecular complexity index is 276. The van der Waals surface area contributed by atoms with Crippen LogP contribution in [-0.4, -0.2) is 15.1 Å². The largest absolute Gasteiger partial charge is 0.498 e. The van der Waals surface area contributed by atoms with Gasteiger partial charge >= 0.3 is 0 Å². The van der Waals surface area contributed by atoms with E-state index in [4.69, 9.17) is 9.88 Å². The summed E-state index contributed by atoms with van der Waals surface area (Å²) in [6.45, 7) is 6.08. The lowest BCUT2D eigenvalue weighted by Crippen LogP contribution is -2.37. The first-order chi connectivity index (χ1) is 7.47. The second-order valence-corrected chi connectivity index (χ2v) is 6.75. The molecule has 1 unspecified atom stereocenters. The highest BCUT2D eigenvalue weighted by molar-refractivity contribution is 7.84. The van der Waals surface area contributed by atoms with Gasteiger partial charge in [0, 0.05) is 0 Å². The summed E-state index contributed by atoms with van der Waals surface area (Å²) in [5, 5.41) is 5.52. The molecule has 1 aliphatic rings. The molecule has 0 aromatic rings. The standard InChI is InChI=1S/C12H23NO2S/c1-4-10(9-12(2,3)16(13)14)11-7-5-6-8-15-11/h6,8,10-11H,4-5,7,9,13H2,1-3H3/t10-,11-,16?/m0/s1. The Morgan fingerprint density at radius 2 is 2.31 bits per heavy atom. The van der Waals surface area contributed by atoms with Gasteiger partial charge in [0.1, 0.15) is 6.10 Å². The second-order valence-electron chi connectivity index (χ2n) is 5.05. The van der Waals surface area contributed by atoms with Crippen molar-refractivity contribution in [3.8, 4) is 0 Å². The second kappa shape index (κ2) is 5.82. The van der Waals surface area contributed by atoms with Crippen LogP contribution in [0.1, 0.15) is 46.5 Å². The highest BCUT2D eigenvalue weighted by Gasteiger charge is 2.32. The van der Waals surface area contributed by atoms with Gasteiger partial charge < -0.3 is 4.74 Å².